The minimum Gasteiger partial charge on any atom is -0.484 e. The first-order chi connectivity index (χ1) is 11.3. The average Bonchev–Trinajstić information content (AvgIpc) is 2.54. The Labute approximate surface area is 144 Å². The van der Waals surface area contributed by atoms with Crippen LogP contribution < -0.4 is 10.1 Å². The first-order valence-electron chi connectivity index (χ1n) is 7.86. The number of ether oxygens (including phenoxy) is 2. The second-order valence-electron chi connectivity index (χ2n) is 5.27. The fourth-order valence-electron chi connectivity index (χ4n) is 2.18. The van der Waals surface area contributed by atoms with Crippen molar-refractivity contribution in [3.63, 3.8) is 0 Å². The van der Waals surface area contributed by atoms with Crippen LogP contribution in [0.1, 0.15) is 20.8 Å². The topological polar surface area (TPSA) is 84.9 Å². The Morgan fingerprint density at radius 1 is 1.21 bits per heavy atom. The number of amides is 1. The molecule has 0 fully saturated rings. The summed E-state index contributed by atoms with van der Waals surface area (Å²) in [6.07, 6.45) is 0. The van der Waals surface area contributed by atoms with Gasteiger partial charge in [0.15, 0.2) is 6.61 Å². The number of hydrogen-bond acceptors (Lipinski definition) is 5. The lowest BCUT2D eigenvalue weighted by Crippen LogP contribution is -2.38. The summed E-state index contributed by atoms with van der Waals surface area (Å²) < 4.78 is 36.4. The van der Waals surface area contributed by atoms with E-state index in [0.717, 1.165) is 0 Å². The van der Waals surface area contributed by atoms with Crippen molar-refractivity contribution in [3.8, 4) is 5.75 Å². The SMILES string of the molecule is CCN(CC)S(=O)(=O)c1ccc(OCC(=O)N[C@@H](C)COC)cc1. The molecule has 0 saturated heterocycles. The van der Waals surface area contributed by atoms with Crippen molar-refractivity contribution in [2.45, 2.75) is 31.7 Å². The van der Waals surface area contributed by atoms with Gasteiger partial charge < -0.3 is 14.8 Å². The molecule has 0 radical (unpaired) electrons. The zero-order valence-electron chi connectivity index (χ0n) is 14.6. The van der Waals surface area contributed by atoms with Crippen LogP contribution in [0.5, 0.6) is 5.75 Å². The number of methoxy groups -OCH3 is 1. The monoisotopic (exact) mass is 358 g/mol. The van der Waals surface area contributed by atoms with E-state index in [2.05, 4.69) is 5.32 Å². The molecule has 0 spiro atoms. The van der Waals surface area contributed by atoms with E-state index < -0.39 is 10.0 Å². The predicted octanol–water partition coefficient (Wildman–Crippen LogP) is 1.25. The fourth-order valence-corrected chi connectivity index (χ4v) is 3.64. The Balaban J connectivity index is 2.64. The van der Waals surface area contributed by atoms with E-state index in [1.807, 2.05) is 6.92 Å². The van der Waals surface area contributed by atoms with E-state index in [1.54, 1.807) is 33.1 Å². The lowest BCUT2D eigenvalue weighted by Gasteiger charge is -2.18. The second kappa shape index (κ2) is 9.61. The molecule has 0 heterocycles. The van der Waals surface area contributed by atoms with Gasteiger partial charge in [-0.2, -0.15) is 4.31 Å². The zero-order valence-corrected chi connectivity index (χ0v) is 15.4. The highest BCUT2D eigenvalue weighted by Crippen LogP contribution is 2.19. The molecule has 8 heteroatoms. The van der Waals surface area contributed by atoms with Crippen LogP contribution >= 0.6 is 0 Å². The van der Waals surface area contributed by atoms with E-state index in [4.69, 9.17) is 9.47 Å². The van der Waals surface area contributed by atoms with E-state index in [-0.39, 0.29) is 23.5 Å². The van der Waals surface area contributed by atoms with Crippen molar-refractivity contribution >= 4 is 15.9 Å². The van der Waals surface area contributed by atoms with Gasteiger partial charge in [0.05, 0.1) is 11.5 Å². The third kappa shape index (κ3) is 5.77. The summed E-state index contributed by atoms with van der Waals surface area (Å²) in [5.41, 5.74) is 0. The molecule has 0 aromatic heterocycles. The summed E-state index contributed by atoms with van der Waals surface area (Å²) in [6.45, 7) is 6.52. The van der Waals surface area contributed by atoms with Crippen LogP contribution in [0.2, 0.25) is 0 Å². The Bertz CT molecular complexity index is 612. The molecule has 0 aliphatic rings. The van der Waals surface area contributed by atoms with E-state index in [1.165, 1.54) is 16.4 Å². The zero-order chi connectivity index (χ0) is 18.2. The maximum atomic E-state index is 12.4. The molecule has 1 atom stereocenters. The van der Waals surface area contributed by atoms with Gasteiger partial charge in [-0.15, -0.1) is 0 Å². The maximum Gasteiger partial charge on any atom is 0.258 e. The van der Waals surface area contributed by atoms with Crippen LogP contribution in [0.4, 0.5) is 0 Å². The van der Waals surface area contributed by atoms with Crippen LogP contribution in [0.15, 0.2) is 29.2 Å². The van der Waals surface area contributed by atoms with Crippen LogP contribution in [0, 0.1) is 0 Å². The van der Waals surface area contributed by atoms with Gasteiger partial charge in [0, 0.05) is 26.2 Å². The highest BCUT2D eigenvalue weighted by atomic mass is 32.2. The van der Waals surface area contributed by atoms with E-state index >= 15 is 0 Å². The van der Waals surface area contributed by atoms with Gasteiger partial charge in [-0.05, 0) is 31.2 Å². The minimum atomic E-state index is -3.49. The average molecular weight is 358 g/mol. The number of benzene rings is 1. The third-order valence-electron chi connectivity index (χ3n) is 3.36. The molecular formula is C16H26N2O5S. The number of rotatable bonds is 10. The quantitative estimate of drug-likeness (QED) is 0.680. The van der Waals surface area contributed by atoms with Gasteiger partial charge in [-0.3, -0.25) is 4.79 Å². The minimum absolute atomic E-state index is 0.104. The summed E-state index contributed by atoms with van der Waals surface area (Å²) >= 11 is 0. The maximum absolute atomic E-state index is 12.4. The molecule has 24 heavy (non-hydrogen) atoms. The van der Waals surface area contributed by atoms with Crippen molar-refractivity contribution in [3.05, 3.63) is 24.3 Å². The number of sulfonamides is 1. The smallest absolute Gasteiger partial charge is 0.258 e. The Kier molecular flexibility index (Phi) is 8.17. The number of carbonyl (C=O) groups excluding carboxylic acids is 1. The molecule has 1 N–H and O–H groups in total. The molecule has 1 aromatic carbocycles. The fraction of sp³-hybridized carbons (Fsp3) is 0.562. The van der Waals surface area contributed by atoms with Gasteiger partial charge in [0.1, 0.15) is 5.75 Å². The lowest BCUT2D eigenvalue weighted by atomic mass is 10.3. The van der Waals surface area contributed by atoms with Crippen LogP contribution in [0.25, 0.3) is 0 Å². The summed E-state index contributed by atoms with van der Waals surface area (Å²) in [5, 5.41) is 2.73. The summed E-state index contributed by atoms with van der Waals surface area (Å²) in [4.78, 5) is 11.9. The largest absolute Gasteiger partial charge is 0.484 e. The third-order valence-corrected chi connectivity index (χ3v) is 5.43. The first kappa shape index (κ1) is 20.4. The highest BCUT2D eigenvalue weighted by Gasteiger charge is 2.21. The Morgan fingerprint density at radius 2 is 1.79 bits per heavy atom. The molecule has 1 amide bonds. The standard InChI is InChI=1S/C16H26N2O5S/c1-5-18(6-2)24(20,21)15-9-7-14(8-10-15)23-12-16(19)17-13(3)11-22-4/h7-10,13H,5-6,11-12H2,1-4H3,(H,17,19)/t13-/m0/s1. The molecule has 1 rings (SSSR count). The van der Waals surface area contributed by atoms with Crippen molar-refractivity contribution in [2.24, 2.45) is 0 Å². The lowest BCUT2D eigenvalue weighted by molar-refractivity contribution is -0.124. The molecule has 136 valence electrons. The Morgan fingerprint density at radius 3 is 2.29 bits per heavy atom. The van der Waals surface area contributed by atoms with Crippen molar-refractivity contribution in [2.75, 3.05) is 33.4 Å². The first-order valence-corrected chi connectivity index (χ1v) is 9.30. The number of nitrogens with zero attached hydrogens (tertiary/aromatic N) is 1. The molecule has 0 aliphatic heterocycles. The second-order valence-corrected chi connectivity index (χ2v) is 7.21. The molecular weight excluding hydrogens is 332 g/mol. The molecule has 7 nitrogen and oxygen atoms in total. The van der Waals surface area contributed by atoms with Crippen LogP contribution in [-0.4, -0.2) is 58.1 Å². The summed E-state index contributed by atoms with van der Waals surface area (Å²) in [5.74, 6) is 0.169. The number of hydrogen-bond donors (Lipinski definition) is 1. The summed E-state index contributed by atoms with van der Waals surface area (Å²) in [6, 6.07) is 5.94. The van der Waals surface area contributed by atoms with E-state index in [9.17, 15) is 13.2 Å². The molecule has 0 saturated carbocycles. The predicted molar refractivity (Wildman–Crippen MR) is 91.5 cm³/mol. The molecule has 0 unspecified atom stereocenters. The van der Waals surface area contributed by atoms with Gasteiger partial charge in [-0.25, -0.2) is 8.42 Å². The summed E-state index contributed by atoms with van der Waals surface area (Å²) in [7, 11) is -1.92. The number of carbonyl (C=O) groups is 1. The van der Waals surface area contributed by atoms with Crippen molar-refractivity contribution < 1.29 is 22.7 Å². The van der Waals surface area contributed by atoms with Gasteiger partial charge in [0.2, 0.25) is 10.0 Å². The molecule has 1 aromatic rings. The molecule has 0 bridgehead atoms. The van der Waals surface area contributed by atoms with Crippen LogP contribution in [-0.2, 0) is 19.6 Å². The Hall–Kier alpha value is -1.64. The normalized spacial score (nSPS) is 12.9. The molecule has 0 aliphatic carbocycles. The van der Waals surface area contributed by atoms with Crippen molar-refractivity contribution in [1.82, 2.24) is 9.62 Å². The number of nitrogens with one attached hydrogen (secondary N) is 1. The van der Waals surface area contributed by atoms with Gasteiger partial charge >= 0.3 is 0 Å². The highest BCUT2D eigenvalue weighted by molar-refractivity contribution is 7.89. The van der Waals surface area contributed by atoms with Gasteiger partial charge in [-0.1, -0.05) is 13.8 Å². The van der Waals surface area contributed by atoms with E-state index in [0.29, 0.717) is 25.4 Å². The van der Waals surface area contributed by atoms with Crippen molar-refractivity contribution in [1.29, 1.82) is 0 Å². The van der Waals surface area contributed by atoms with Gasteiger partial charge in [0.25, 0.3) is 5.91 Å². The van der Waals surface area contributed by atoms with Crippen LogP contribution in [0.3, 0.4) is 0 Å².